The Morgan fingerprint density at radius 1 is 1.08 bits per heavy atom. The number of benzene rings is 1. The molecule has 126 valence electrons. The maximum atomic E-state index is 12.2. The number of carboxylic acid groups (broad SMARTS) is 1. The van der Waals surface area contributed by atoms with E-state index in [0.717, 1.165) is 32.1 Å². The molecule has 2 heteroatoms. The van der Waals surface area contributed by atoms with E-state index in [2.05, 4.69) is 56.3 Å². The molecule has 0 spiro atoms. The van der Waals surface area contributed by atoms with Gasteiger partial charge in [0.05, 0.1) is 5.41 Å². The lowest BCUT2D eigenvalue weighted by Gasteiger charge is -2.61. The van der Waals surface area contributed by atoms with Gasteiger partial charge in [-0.25, -0.2) is 0 Å². The van der Waals surface area contributed by atoms with Crippen LogP contribution in [0.25, 0.3) is 0 Å². The number of hydrogen-bond donors (Lipinski definition) is 1. The minimum absolute atomic E-state index is 0.0633. The van der Waals surface area contributed by atoms with Gasteiger partial charge in [0.2, 0.25) is 0 Å². The fraction of sp³-hybridized carbons (Fsp3) is 0.500. The highest BCUT2D eigenvalue weighted by Gasteiger charge is 2.62. The molecule has 2 nitrogen and oxygen atoms in total. The largest absolute Gasteiger partial charge is 0.481 e. The van der Waals surface area contributed by atoms with Crippen LogP contribution in [0.3, 0.4) is 0 Å². The Labute approximate surface area is 144 Å². The molecule has 4 aliphatic carbocycles. The maximum Gasteiger partial charge on any atom is 0.309 e. The molecule has 4 fully saturated rings. The highest BCUT2D eigenvalue weighted by molar-refractivity contribution is 5.76. The lowest BCUT2D eigenvalue weighted by Crippen LogP contribution is -2.57. The SMILES string of the molecule is CC(C)=CC=C1C2CC3(C(=O)O)CC1CC(c1ccccc1)(C2)C3. The molecule has 0 saturated heterocycles. The number of rotatable bonds is 3. The van der Waals surface area contributed by atoms with Gasteiger partial charge in [-0.05, 0) is 68.8 Å². The molecule has 1 aromatic carbocycles. The highest BCUT2D eigenvalue weighted by Crippen LogP contribution is 2.67. The first kappa shape index (κ1) is 15.7. The van der Waals surface area contributed by atoms with Crippen LogP contribution in [0, 0.1) is 17.3 Å². The van der Waals surface area contributed by atoms with E-state index >= 15 is 0 Å². The first-order chi connectivity index (χ1) is 11.4. The molecule has 4 saturated carbocycles. The number of aliphatic carboxylic acids is 1. The van der Waals surface area contributed by atoms with Gasteiger partial charge in [-0.15, -0.1) is 0 Å². The van der Waals surface area contributed by atoms with Gasteiger partial charge in [0.15, 0.2) is 0 Å². The van der Waals surface area contributed by atoms with Crippen molar-refractivity contribution in [2.75, 3.05) is 0 Å². The molecule has 5 rings (SSSR count). The van der Waals surface area contributed by atoms with Gasteiger partial charge in [0.1, 0.15) is 0 Å². The molecule has 0 aromatic heterocycles. The number of allylic oxidation sites excluding steroid dienone is 4. The minimum Gasteiger partial charge on any atom is -0.481 e. The monoisotopic (exact) mass is 322 g/mol. The van der Waals surface area contributed by atoms with Crippen LogP contribution in [-0.2, 0) is 10.2 Å². The lowest BCUT2D eigenvalue weighted by molar-refractivity contribution is -0.162. The van der Waals surface area contributed by atoms with Gasteiger partial charge in [0.25, 0.3) is 0 Å². The van der Waals surface area contributed by atoms with E-state index in [0.29, 0.717) is 11.8 Å². The summed E-state index contributed by atoms with van der Waals surface area (Å²) in [4.78, 5) is 12.2. The molecule has 4 bridgehead atoms. The average molecular weight is 322 g/mol. The van der Waals surface area contributed by atoms with E-state index in [1.807, 2.05) is 0 Å². The Kier molecular flexibility index (Phi) is 3.49. The second-order valence-electron chi connectivity index (χ2n) is 8.53. The van der Waals surface area contributed by atoms with Crippen LogP contribution >= 0.6 is 0 Å². The number of carboxylic acids is 1. The van der Waals surface area contributed by atoms with Gasteiger partial charge in [-0.1, -0.05) is 53.6 Å². The van der Waals surface area contributed by atoms with Crippen LogP contribution in [-0.4, -0.2) is 11.1 Å². The Morgan fingerprint density at radius 2 is 1.71 bits per heavy atom. The van der Waals surface area contributed by atoms with Crippen molar-refractivity contribution in [3.63, 3.8) is 0 Å². The first-order valence-corrected chi connectivity index (χ1v) is 9.08. The molecule has 2 unspecified atom stereocenters. The van der Waals surface area contributed by atoms with Gasteiger partial charge < -0.3 is 5.11 Å². The Bertz CT molecular complexity index is 704. The fourth-order valence-corrected chi connectivity index (χ4v) is 5.85. The Morgan fingerprint density at radius 3 is 2.25 bits per heavy atom. The molecule has 24 heavy (non-hydrogen) atoms. The van der Waals surface area contributed by atoms with E-state index in [-0.39, 0.29) is 5.41 Å². The molecule has 0 aliphatic heterocycles. The van der Waals surface area contributed by atoms with Gasteiger partial charge >= 0.3 is 5.97 Å². The Balaban J connectivity index is 1.79. The van der Waals surface area contributed by atoms with Crippen molar-refractivity contribution in [2.45, 2.75) is 51.4 Å². The van der Waals surface area contributed by atoms with Crippen LogP contribution < -0.4 is 0 Å². The zero-order valence-corrected chi connectivity index (χ0v) is 14.6. The summed E-state index contributed by atoms with van der Waals surface area (Å²) in [5.41, 5.74) is 3.73. The van der Waals surface area contributed by atoms with Crippen LogP contribution in [0.5, 0.6) is 0 Å². The quantitative estimate of drug-likeness (QED) is 0.839. The average Bonchev–Trinajstić information content (AvgIpc) is 2.54. The third-order valence-electron chi connectivity index (χ3n) is 6.62. The van der Waals surface area contributed by atoms with Crippen LogP contribution in [0.4, 0.5) is 0 Å². The van der Waals surface area contributed by atoms with Crippen LogP contribution in [0.2, 0.25) is 0 Å². The summed E-state index contributed by atoms with van der Waals surface area (Å²) in [6.45, 7) is 4.24. The maximum absolute atomic E-state index is 12.2. The molecule has 4 aliphatic rings. The van der Waals surface area contributed by atoms with Gasteiger partial charge in [-0.2, -0.15) is 0 Å². The molecule has 0 heterocycles. The number of hydrogen-bond acceptors (Lipinski definition) is 1. The molecule has 1 aromatic rings. The lowest BCUT2D eigenvalue weighted by atomic mass is 9.41. The summed E-state index contributed by atoms with van der Waals surface area (Å²) in [7, 11) is 0. The van der Waals surface area contributed by atoms with Crippen molar-refractivity contribution in [3.05, 3.63) is 59.2 Å². The summed E-state index contributed by atoms with van der Waals surface area (Å²) in [6.07, 6.45) is 9.22. The third-order valence-corrected chi connectivity index (χ3v) is 6.62. The summed E-state index contributed by atoms with van der Waals surface area (Å²) in [5, 5.41) is 10.0. The molecule has 1 N–H and O–H groups in total. The summed E-state index contributed by atoms with van der Waals surface area (Å²) in [6, 6.07) is 10.7. The Hall–Kier alpha value is -1.83. The van der Waals surface area contributed by atoms with Crippen molar-refractivity contribution >= 4 is 5.97 Å². The van der Waals surface area contributed by atoms with E-state index in [1.165, 1.54) is 16.7 Å². The normalized spacial score (nSPS) is 36.5. The topological polar surface area (TPSA) is 37.3 Å². The third kappa shape index (κ3) is 2.27. The minimum atomic E-state index is -0.571. The fourth-order valence-electron chi connectivity index (χ4n) is 5.85. The van der Waals surface area contributed by atoms with E-state index in [4.69, 9.17) is 0 Å². The van der Waals surface area contributed by atoms with Crippen LogP contribution in [0.15, 0.2) is 53.6 Å². The van der Waals surface area contributed by atoms with Gasteiger partial charge in [-0.3, -0.25) is 4.79 Å². The molecular weight excluding hydrogens is 296 g/mol. The predicted octanol–water partition coefficient (Wildman–Crippen LogP) is 5.11. The summed E-state index contributed by atoms with van der Waals surface area (Å²) >= 11 is 0. The smallest absolute Gasteiger partial charge is 0.309 e. The van der Waals surface area contributed by atoms with E-state index in [9.17, 15) is 9.90 Å². The first-order valence-electron chi connectivity index (χ1n) is 9.08. The molecule has 0 amide bonds. The van der Waals surface area contributed by atoms with Crippen molar-refractivity contribution in [1.29, 1.82) is 0 Å². The van der Waals surface area contributed by atoms with Crippen molar-refractivity contribution in [2.24, 2.45) is 17.3 Å². The standard InChI is InChI=1S/C22H26O2/c1-15(2)8-9-19-16-10-21(18-6-4-3-5-7-18)11-17(19)13-22(12-16,14-21)20(23)24/h3-9,16-17H,10-14H2,1-2H3,(H,23,24). The predicted molar refractivity (Wildman–Crippen MR) is 95.8 cm³/mol. The van der Waals surface area contributed by atoms with Crippen molar-refractivity contribution in [3.8, 4) is 0 Å². The van der Waals surface area contributed by atoms with E-state index < -0.39 is 11.4 Å². The molecule has 0 radical (unpaired) electrons. The second-order valence-corrected chi connectivity index (χ2v) is 8.53. The summed E-state index contributed by atoms with van der Waals surface area (Å²) < 4.78 is 0. The zero-order valence-electron chi connectivity index (χ0n) is 14.6. The van der Waals surface area contributed by atoms with E-state index in [1.54, 1.807) is 0 Å². The summed E-state index contributed by atoms with van der Waals surface area (Å²) in [5.74, 6) is 0.287. The number of carbonyl (C=O) groups is 1. The zero-order chi connectivity index (χ0) is 16.9. The van der Waals surface area contributed by atoms with Crippen molar-refractivity contribution < 1.29 is 9.90 Å². The second kappa shape index (κ2) is 5.34. The van der Waals surface area contributed by atoms with Gasteiger partial charge in [0, 0.05) is 0 Å². The molecular formula is C22H26O2. The highest BCUT2D eigenvalue weighted by atomic mass is 16.4. The van der Waals surface area contributed by atoms with Crippen molar-refractivity contribution in [1.82, 2.24) is 0 Å². The molecule has 2 atom stereocenters. The van der Waals surface area contributed by atoms with Crippen LogP contribution in [0.1, 0.15) is 51.5 Å².